The highest BCUT2D eigenvalue weighted by Crippen LogP contribution is 2.32. The number of carbonyl (C=O) groups excluding carboxylic acids is 1. The standard InChI is InChI=1S/C31H32FN7O3S/c1-18-21(8-9-22(32)28(18)34-30(41)26-14-19-6-4-5-7-25(19)43-26)23-16-24(29(40)36-35-23)33-27-15-20(38(3)37-27)17-39-12-10-31(2,42)11-13-39/h4-9,14-16,42H,10-13,17H2,1-3H3,(H,34,41)(H,36,40)(H,33,35,37). The van der Waals surface area contributed by atoms with E-state index < -0.39 is 22.9 Å². The number of thiophene rings is 1. The average Bonchev–Trinajstić information content (AvgIpc) is 3.56. The summed E-state index contributed by atoms with van der Waals surface area (Å²) in [5.41, 5.74) is 1.60. The van der Waals surface area contributed by atoms with Gasteiger partial charge < -0.3 is 15.7 Å². The number of nitrogens with zero attached hydrogens (tertiary/aromatic N) is 4. The summed E-state index contributed by atoms with van der Waals surface area (Å²) in [5.74, 6) is -0.480. The zero-order valence-corrected chi connectivity index (χ0v) is 24.9. The Morgan fingerprint density at radius 3 is 2.70 bits per heavy atom. The summed E-state index contributed by atoms with van der Waals surface area (Å²) in [6.07, 6.45) is 1.43. The Balaban J connectivity index is 1.22. The molecule has 1 saturated heterocycles. The molecule has 0 aliphatic carbocycles. The number of amides is 1. The first-order valence-electron chi connectivity index (χ1n) is 14.0. The number of aromatic amines is 1. The number of rotatable bonds is 7. The third kappa shape index (κ3) is 6.07. The number of hydrogen-bond acceptors (Lipinski definition) is 8. The molecule has 2 aromatic carbocycles. The van der Waals surface area contributed by atoms with Crippen LogP contribution in [-0.4, -0.2) is 54.6 Å². The maximum absolute atomic E-state index is 15.0. The van der Waals surface area contributed by atoms with Gasteiger partial charge in [0.05, 0.1) is 27.6 Å². The number of aliphatic hydroxyl groups is 1. The number of carbonyl (C=O) groups is 1. The summed E-state index contributed by atoms with van der Waals surface area (Å²) in [6.45, 7) is 5.82. The van der Waals surface area contributed by atoms with Crippen molar-refractivity contribution in [3.05, 3.63) is 86.9 Å². The second-order valence-corrected chi connectivity index (χ2v) is 12.3. The molecule has 1 aliphatic rings. The Morgan fingerprint density at radius 1 is 1.16 bits per heavy atom. The van der Waals surface area contributed by atoms with Crippen LogP contribution < -0.4 is 16.2 Å². The molecule has 0 unspecified atom stereocenters. The molecule has 1 fully saturated rings. The van der Waals surface area contributed by atoms with Crippen LogP contribution >= 0.6 is 11.3 Å². The first kappa shape index (κ1) is 28.7. The molecule has 10 nitrogen and oxygen atoms in total. The van der Waals surface area contributed by atoms with Crippen LogP contribution in [0.3, 0.4) is 0 Å². The Hall–Kier alpha value is -4.39. The molecule has 43 heavy (non-hydrogen) atoms. The van der Waals surface area contributed by atoms with Gasteiger partial charge in [0.25, 0.3) is 11.5 Å². The van der Waals surface area contributed by atoms with E-state index in [0.29, 0.717) is 46.9 Å². The molecule has 0 saturated carbocycles. The van der Waals surface area contributed by atoms with E-state index in [-0.39, 0.29) is 11.4 Å². The van der Waals surface area contributed by atoms with Crippen molar-refractivity contribution in [3.63, 3.8) is 0 Å². The Morgan fingerprint density at radius 2 is 1.93 bits per heavy atom. The van der Waals surface area contributed by atoms with E-state index in [2.05, 4.69) is 30.8 Å². The monoisotopic (exact) mass is 601 g/mol. The molecule has 12 heteroatoms. The lowest BCUT2D eigenvalue weighted by molar-refractivity contribution is -0.00779. The molecule has 3 aromatic heterocycles. The van der Waals surface area contributed by atoms with Gasteiger partial charge in [-0.15, -0.1) is 11.3 Å². The molecule has 5 aromatic rings. The number of fused-ring (bicyclic) bond motifs is 1. The molecule has 4 heterocycles. The minimum Gasteiger partial charge on any atom is -0.390 e. The van der Waals surface area contributed by atoms with Crippen LogP contribution in [0.1, 0.15) is 40.7 Å². The molecule has 1 amide bonds. The van der Waals surface area contributed by atoms with Crippen molar-refractivity contribution in [2.24, 2.45) is 7.05 Å². The highest BCUT2D eigenvalue weighted by Gasteiger charge is 2.27. The third-order valence-electron chi connectivity index (χ3n) is 7.94. The van der Waals surface area contributed by atoms with Gasteiger partial charge in [0.1, 0.15) is 11.5 Å². The number of likely N-dealkylation sites (tertiary alicyclic amines) is 1. The van der Waals surface area contributed by atoms with Crippen LogP contribution in [0, 0.1) is 12.7 Å². The molecule has 4 N–H and O–H groups in total. The minimum atomic E-state index is -0.621. The quantitative estimate of drug-likeness (QED) is 0.203. The summed E-state index contributed by atoms with van der Waals surface area (Å²) in [4.78, 5) is 28.5. The molecular formula is C31H32FN7O3S. The number of benzene rings is 2. The van der Waals surface area contributed by atoms with E-state index >= 15 is 0 Å². The largest absolute Gasteiger partial charge is 0.390 e. The number of hydrogen-bond donors (Lipinski definition) is 4. The van der Waals surface area contributed by atoms with Crippen LogP contribution in [0.15, 0.2) is 59.4 Å². The fourth-order valence-electron chi connectivity index (χ4n) is 5.29. The van der Waals surface area contributed by atoms with Crippen LogP contribution in [0.2, 0.25) is 0 Å². The van der Waals surface area contributed by atoms with Gasteiger partial charge >= 0.3 is 0 Å². The van der Waals surface area contributed by atoms with Gasteiger partial charge in [0.2, 0.25) is 0 Å². The van der Waals surface area contributed by atoms with Gasteiger partial charge in [-0.2, -0.15) is 10.2 Å². The molecule has 0 bridgehead atoms. The molecule has 0 radical (unpaired) electrons. The predicted molar refractivity (Wildman–Crippen MR) is 166 cm³/mol. The van der Waals surface area contributed by atoms with Gasteiger partial charge in [0.15, 0.2) is 5.82 Å². The number of anilines is 3. The second-order valence-electron chi connectivity index (χ2n) is 11.2. The summed E-state index contributed by atoms with van der Waals surface area (Å²) in [7, 11) is 1.85. The normalized spacial score (nSPS) is 15.1. The van der Waals surface area contributed by atoms with Gasteiger partial charge in [-0.3, -0.25) is 19.2 Å². The SMILES string of the molecule is Cc1c(-c2cc(Nc3cc(CN4CCC(C)(O)CC4)n(C)n3)c(=O)[nH]n2)ccc(F)c1NC(=O)c1cc2ccccc2s1. The van der Waals surface area contributed by atoms with Crippen LogP contribution in [0.25, 0.3) is 21.3 Å². The Labute approximate surface area is 251 Å². The van der Waals surface area contributed by atoms with Crippen LogP contribution in [-0.2, 0) is 13.6 Å². The fraction of sp³-hybridized carbons (Fsp3) is 0.290. The molecule has 222 valence electrons. The Kier molecular flexibility index (Phi) is 7.59. The first-order chi connectivity index (χ1) is 20.6. The summed E-state index contributed by atoms with van der Waals surface area (Å²) < 4.78 is 17.7. The first-order valence-corrected chi connectivity index (χ1v) is 14.8. The van der Waals surface area contributed by atoms with Crippen molar-refractivity contribution in [2.45, 2.75) is 38.8 Å². The number of halogens is 1. The third-order valence-corrected chi connectivity index (χ3v) is 9.05. The zero-order valence-electron chi connectivity index (χ0n) is 24.1. The fourth-order valence-corrected chi connectivity index (χ4v) is 6.25. The van der Waals surface area contributed by atoms with Crippen molar-refractivity contribution in [3.8, 4) is 11.3 Å². The lowest BCUT2D eigenvalue weighted by Gasteiger charge is -2.35. The van der Waals surface area contributed by atoms with Crippen molar-refractivity contribution in [2.75, 3.05) is 23.7 Å². The highest BCUT2D eigenvalue weighted by atomic mass is 32.1. The lowest BCUT2D eigenvalue weighted by Crippen LogP contribution is -2.42. The smallest absolute Gasteiger partial charge is 0.287 e. The number of H-pyrrole nitrogens is 1. The predicted octanol–water partition coefficient (Wildman–Crippen LogP) is 5.18. The molecule has 0 spiro atoms. The van der Waals surface area contributed by atoms with Gasteiger partial charge in [0, 0.05) is 43.0 Å². The van der Waals surface area contributed by atoms with E-state index in [1.165, 1.54) is 17.4 Å². The van der Waals surface area contributed by atoms with Gasteiger partial charge in [-0.05, 0) is 68.0 Å². The van der Waals surface area contributed by atoms with Crippen LogP contribution in [0.4, 0.5) is 21.6 Å². The maximum Gasteiger partial charge on any atom is 0.287 e. The summed E-state index contributed by atoms with van der Waals surface area (Å²) in [6, 6.07) is 15.8. The van der Waals surface area contributed by atoms with E-state index in [4.69, 9.17) is 0 Å². The zero-order chi connectivity index (χ0) is 30.3. The lowest BCUT2D eigenvalue weighted by atomic mass is 9.94. The summed E-state index contributed by atoms with van der Waals surface area (Å²) >= 11 is 1.34. The van der Waals surface area contributed by atoms with Gasteiger partial charge in [-0.25, -0.2) is 9.49 Å². The summed E-state index contributed by atoms with van der Waals surface area (Å²) in [5, 5.41) is 28.2. The Bertz CT molecular complexity index is 1850. The number of aryl methyl sites for hydroxylation is 1. The van der Waals surface area contributed by atoms with E-state index in [1.54, 1.807) is 29.8 Å². The van der Waals surface area contributed by atoms with Crippen molar-refractivity contribution < 1.29 is 14.3 Å². The van der Waals surface area contributed by atoms with Crippen LogP contribution in [0.5, 0.6) is 0 Å². The number of nitrogens with one attached hydrogen (secondary N) is 3. The van der Waals surface area contributed by atoms with Crippen molar-refractivity contribution >= 4 is 44.5 Å². The highest BCUT2D eigenvalue weighted by molar-refractivity contribution is 7.20. The topological polar surface area (TPSA) is 128 Å². The number of piperidine rings is 1. The second kappa shape index (κ2) is 11.4. The minimum absolute atomic E-state index is 0.0519. The molecule has 0 atom stereocenters. The molecule has 6 rings (SSSR count). The van der Waals surface area contributed by atoms with E-state index in [9.17, 15) is 19.1 Å². The molecule has 1 aliphatic heterocycles. The number of aromatic nitrogens is 4. The van der Waals surface area contributed by atoms with Crippen molar-refractivity contribution in [1.29, 1.82) is 0 Å². The molecular weight excluding hydrogens is 569 g/mol. The van der Waals surface area contributed by atoms with Crippen molar-refractivity contribution in [1.82, 2.24) is 24.9 Å². The van der Waals surface area contributed by atoms with E-state index in [0.717, 1.165) is 28.9 Å². The van der Waals surface area contributed by atoms with Gasteiger partial charge in [-0.1, -0.05) is 18.2 Å². The van der Waals surface area contributed by atoms with E-state index in [1.807, 2.05) is 44.3 Å². The maximum atomic E-state index is 15.0. The average molecular weight is 602 g/mol.